The molecule has 27 heavy (non-hydrogen) atoms. The highest BCUT2D eigenvalue weighted by Crippen LogP contribution is 2.23. The second-order valence-electron chi connectivity index (χ2n) is 6.71. The summed E-state index contributed by atoms with van der Waals surface area (Å²) in [5.41, 5.74) is 1.04. The van der Waals surface area contributed by atoms with Gasteiger partial charge < -0.3 is 15.1 Å². The van der Waals surface area contributed by atoms with Gasteiger partial charge in [0.1, 0.15) is 6.54 Å². The Morgan fingerprint density at radius 2 is 2.00 bits per heavy atom. The number of hydrogen-bond acceptors (Lipinski definition) is 4. The Kier molecular flexibility index (Phi) is 10.9. The zero-order valence-corrected chi connectivity index (χ0v) is 20.9. The van der Waals surface area contributed by atoms with E-state index in [1.54, 1.807) is 30.3 Å². The number of piperazine rings is 1. The van der Waals surface area contributed by atoms with Gasteiger partial charge in [-0.3, -0.25) is 9.69 Å². The third-order valence-electron chi connectivity index (χ3n) is 4.09. The van der Waals surface area contributed by atoms with Crippen molar-refractivity contribution >= 4 is 63.1 Å². The predicted molar refractivity (Wildman–Crippen MR) is 128 cm³/mol. The molecule has 0 saturated carbocycles. The van der Waals surface area contributed by atoms with Crippen LogP contribution in [0.15, 0.2) is 33.1 Å². The van der Waals surface area contributed by atoms with Crippen molar-refractivity contribution in [2.75, 3.05) is 53.4 Å². The molecule has 0 radical (unpaired) electrons. The molecular weight excluding hydrogens is 541 g/mol. The highest BCUT2D eigenvalue weighted by molar-refractivity contribution is 14.0. The van der Waals surface area contributed by atoms with Crippen molar-refractivity contribution in [2.24, 2.45) is 4.99 Å². The van der Waals surface area contributed by atoms with E-state index in [2.05, 4.69) is 54.8 Å². The van der Waals surface area contributed by atoms with E-state index >= 15 is 0 Å². The van der Waals surface area contributed by atoms with Gasteiger partial charge in [-0.25, -0.2) is 4.99 Å². The Labute approximate surface area is 191 Å². The van der Waals surface area contributed by atoms with Crippen molar-refractivity contribution in [3.05, 3.63) is 32.9 Å². The molecule has 0 aliphatic carbocycles. The maximum Gasteiger partial charge on any atom is 0.243 e. The summed E-state index contributed by atoms with van der Waals surface area (Å²) >= 11 is 5.31. The molecule has 1 N–H and O–H groups in total. The predicted octanol–water partition coefficient (Wildman–Crippen LogP) is 2.86. The molecule has 1 aromatic heterocycles. The van der Waals surface area contributed by atoms with Crippen LogP contribution in [0.4, 0.5) is 0 Å². The Hall–Kier alpha value is -0.650. The molecule has 0 unspecified atom stereocenters. The minimum absolute atomic E-state index is 0. The van der Waals surface area contributed by atoms with Crippen molar-refractivity contribution in [2.45, 2.75) is 13.5 Å². The quantitative estimate of drug-likeness (QED) is 0.248. The summed E-state index contributed by atoms with van der Waals surface area (Å²) in [5, 5.41) is 3.33. The lowest BCUT2D eigenvalue weighted by Gasteiger charge is -2.36. The largest absolute Gasteiger partial charge is 0.353 e. The summed E-state index contributed by atoms with van der Waals surface area (Å²) in [6.45, 7) is 11.5. The van der Waals surface area contributed by atoms with Gasteiger partial charge in [-0.15, -0.1) is 35.3 Å². The fourth-order valence-electron chi connectivity index (χ4n) is 2.56. The van der Waals surface area contributed by atoms with E-state index < -0.39 is 0 Å². The van der Waals surface area contributed by atoms with E-state index in [4.69, 9.17) is 0 Å². The highest BCUT2D eigenvalue weighted by atomic mass is 127. The van der Waals surface area contributed by atoms with Gasteiger partial charge in [0, 0.05) is 58.2 Å². The average Bonchev–Trinajstić information content (AvgIpc) is 3.00. The molecular formula is C18H29BrIN5OS. The molecule has 0 atom stereocenters. The first-order valence-corrected chi connectivity index (χ1v) is 10.3. The lowest BCUT2D eigenvalue weighted by molar-refractivity contribution is -0.127. The van der Waals surface area contributed by atoms with Gasteiger partial charge in [0.25, 0.3) is 0 Å². The summed E-state index contributed by atoms with van der Waals surface area (Å²) in [5.74, 6) is 0.795. The summed E-state index contributed by atoms with van der Waals surface area (Å²) in [7, 11) is 3.50. The summed E-state index contributed by atoms with van der Waals surface area (Å²) in [6.07, 6.45) is 0. The number of nitrogens with zero attached hydrogens (tertiary/aromatic N) is 4. The maximum atomic E-state index is 11.9. The molecule has 1 amide bonds. The van der Waals surface area contributed by atoms with E-state index in [1.807, 2.05) is 6.92 Å². The van der Waals surface area contributed by atoms with Crippen LogP contribution in [-0.2, 0) is 11.3 Å². The second-order valence-corrected chi connectivity index (χ2v) is 9.26. The van der Waals surface area contributed by atoms with Gasteiger partial charge in [0.05, 0.1) is 3.79 Å². The molecule has 0 aromatic carbocycles. The number of aliphatic imine (C=N–C) groups is 1. The SMILES string of the molecule is C=C(C)CNC(=NCC(=O)N(C)C)N1CCN(Cc2ccc(Br)s2)CC1.I. The van der Waals surface area contributed by atoms with Gasteiger partial charge in [0.2, 0.25) is 5.91 Å². The van der Waals surface area contributed by atoms with Gasteiger partial charge in [-0.1, -0.05) is 12.2 Å². The Morgan fingerprint density at radius 1 is 1.33 bits per heavy atom. The van der Waals surface area contributed by atoms with Crippen LogP contribution < -0.4 is 5.32 Å². The number of rotatable bonds is 6. The minimum atomic E-state index is 0. The smallest absolute Gasteiger partial charge is 0.243 e. The number of halogens is 2. The van der Waals surface area contributed by atoms with E-state index in [-0.39, 0.29) is 36.4 Å². The third-order valence-corrected chi connectivity index (χ3v) is 5.70. The van der Waals surface area contributed by atoms with E-state index in [1.165, 1.54) is 8.66 Å². The first-order valence-electron chi connectivity index (χ1n) is 8.69. The third kappa shape index (κ3) is 8.49. The van der Waals surface area contributed by atoms with Crippen molar-refractivity contribution in [1.82, 2.24) is 20.0 Å². The number of carbonyl (C=O) groups is 1. The van der Waals surface area contributed by atoms with Crippen LogP contribution in [0.2, 0.25) is 0 Å². The molecule has 0 bridgehead atoms. The van der Waals surface area contributed by atoms with Gasteiger partial charge in [0.15, 0.2) is 5.96 Å². The average molecular weight is 570 g/mol. The van der Waals surface area contributed by atoms with Crippen LogP contribution in [-0.4, -0.2) is 79.9 Å². The molecule has 2 heterocycles. The molecule has 6 nitrogen and oxygen atoms in total. The molecule has 152 valence electrons. The number of carbonyl (C=O) groups excluding carboxylic acids is 1. The van der Waals surface area contributed by atoms with Gasteiger partial charge in [-0.2, -0.15) is 0 Å². The molecule has 9 heteroatoms. The monoisotopic (exact) mass is 569 g/mol. The Bertz CT molecular complexity index is 656. The number of nitrogens with one attached hydrogen (secondary N) is 1. The maximum absolute atomic E-state index is 11.9. The fraction of sp³-hybridized carbons (Fsp3) is 0.556. The summed E-state index contributed by atoms with van der Waals surface area (Å²) < 4.78 is 1.18. The Morgan fingerprint density at radius 3 is 2.52 bits per heavy atom. The molecule has 0 spiro atoms. The van der Waals surface area contributed by atoms with Crippen LogP contribution in [0.3, 0.4) is 0 Å². The number of amides is 1. The molecule has 1 aliphatic heterocycles. The number of hydrogen-bond donors (Lipinski definition) is 1. The number of likely N-dealkylation sites (N-methyl/N-ethyl adjacent to an activating group) is 1. The highest BCUT2D eigenvalue weighted by Gasteiger charge is 2.20. The van der Waals surface area contributed by atoms with Crippen LogP contribution in [0.5, 0.6) is 0 Å². The lowest BCUT2D eigenvalue weighted by Crippen LogP contribution is -2.52. The fourth-order valence-corrected chi connectivity index (χ4v) is 4.08. The zero-order chi connectivity index (χ0) is 19.1. The molecule has 1 aliphatic rings. The minimum Gasteiger partial charge on any atom is -0.353 e. The first kappa shape index (κ1) is 24.4. The van der Waals surface area contributed by atoms with Crippen LogP contribution >= 0.6 is 51.2 Å². The number of guanidine groups is 1. The van der Waals surface area contributed by atoms with Crippen molar-refractivity contribution in [1.29, 1.82) is 0 Å². The number of thiophene rings is 1. The van der Waals surface area contributed by atoms with Crippen molar-refractivity contribution < 1.29 is 4.79 Å². The zero-order valence-electron chi connectivity index (χ0n) is 16.2. The van der Waals surface area contributed by atoms with Crippen LogP contribution in [0.1, 0.15) is 11.8 Å². The molecule has 1 fully saturated rings. The van der Waals surface area contributed by atoms with E-state index in [0.29, 0.717) is 6.54 Å². The normalized spacial score (nSPS) is 15.3. The molecule has 2 rings (SSSR count). The molecule has 1 aromatic rings. The summed E-state index contributed by atoms with van der Waals surface area (Å²) in [6, 6.07) is 4.28. The topological polar surface area (TPSA) is 51.2 Å². The molecule has 1 saturated heterocycles. The first-order chi connectivity index (χ1) is 12.3. The van der Waals surface area contributed by atoms with E-state index in [9.17, 15) is 4.79 Å². The van der Waals surface area contributed by atoms with Gasteiger partial charge >= 0.3 is 0 Å². The van der Waals surface area contributed by atoms with Crippen molar-refractivity contribution in [3.63, 3.8) is 0 Å². The van der Waals surface area contributed by atoms with Crippen LogP contribution in [0.25, 0.3) is 0 Å². The van der Waals surface area contributed by atoms with Crippen LogP contribution in [0, 0.1) is 0 Å². The summed E-state index contributed by atoms with van der Waals surface area (Å²) in [4.78, 5) is 24.0. The van der Waals surface area contributed by atoms with Crippen molar-refractivity contribution in [3.8, 4) is 0 Å². The van der Waals surface area contributed by atoms with E-state index in [0.717, 1.165) is 44.3 Å². The lowest BCUT2D eigenvalue weighted by atomic mass is 10.3. The van der Waals surface area contributed by atoms with Gasteiger partial charge in [-0.05, 0) is 35.0 Å². The second kappa shape index (κ2) is 12.0. The Balaban J connectivity index is 0.00000364. The standard InChI is InChI=1S/C18H28BrN5OS.HI/c1-14(2)11-20-18(21-12-17(25)22(3)4)24-9-7-23(8-10-24)13-15-5-6-16(19)26-15;/h5-6H,1,7-13H2,2-4H3,(H,20,21);1H.